The van der Waals surface area contributed by atoms with E-state index in [4.69, 9.17) is 9.47 Å². The van der Waals surface area contributed by atoms with Crippen molar-refractivity contribution in [3.05, 3.63) is 96.1 Å². The van der Waals surface area contributed by atoms with Gasteiger partial charge in [-0.1, -0.05) is 166 Å². The Kier molecular flexibility index (Phi) is 27.0. The summed E-state index contributed by atoms with van der Waals surface area (Å²) in [5.74, 6) is -0.712. The third-order valence-corrected chi connectivity index (χ3v) is 12.1. The maximum Gasteiger partial charge on any atom is 2.00 e. The summed E-state index contributed by atoms with van der Waals surface area (Å²) in [4.78, 5) is -1.36. The molecule has 0 aliphatic heterocycles. The number of hydrogen-bond donors (Lipinski definition) is 2. The second kappa shape index (κ2) is 30.3. The van der Waals surface area contributed by atoms with Crippen LogP contribution in [0.2, 0.25) is 0 Å². The molecule has 0 atom stereocenters. The second-order valence-electron chi connectivity index (χ2n) is 15.5. The molecule has 332 valence electrons. The van der Waals surface area contributed by atoms with Gasteiger partial charge in [-0.05, 0) is 91.1 Å². The Balaban J connectivity index is 0.000000413. The van der Waals surface area contributed by atoms with Crippen LogP contribution in [0.15, 0.2) is 94.7 Å². The van der Waals surface area contributed by atoms with Crippen LogP contribution in [0, 0.1) is 0 Å². The molecule has 2 N–H and O–H groups in total. The molecule has 4 aromatic rings. The molecule has 0 aliphatic carbocycles. The Morgan fingerprint density at radius 2 is 0.869 bits per heavy atom. The fraction of sp³-hybridized carbons (Fsp3) is 0.500. The van der Waals surface area contributed by atoms with Crippen LogP contribution >= 0.6 is 0 Å². The monoisotopic (exact) mass is 906 g/mol. The average Bonchev–Trinajstić information content (AvgIpc) is 3.20. The van der Waals surface area contributed by atoms with Gasteiger partial charge in [0.1, 0.15) is 32.3 Å². The van der Waals surface area contributed by atoms with Gasteiger partial charge < -0.3 is 24.2 Å². The Hall–Kier alpha value is -2.84. The van der Waals surface area contributed by atoms with Crippen LogP contribution in [0.5, 0.6) is 34.5 Å². The Morgan fingerprint density at radius 1 is 0.508 bits per heavy atom. The maximum absolute atomic E-state index is 12.2. The van der Waals surface area contributed by atoms with E-state index in [2.05, 4.69) is 13.8 Å². The van der Waals surface area contributed by atoms with Crippen LogP contribution in [-0.4, -0.2) is 68.8 Å². The molecule has 0 unspecified atom stereocenters. The van der Waals surface area contributed by atoms with Crippen LogP contribution in [0.1, 0.15) is 153 Å². The van der Waals surface area contributed by atoms with E-state index in [0.717, 1.165) is 48.9 Å². The summed E-state index contributed by atoms with van der Waals surface area (Å²) >= 11 is 0. The van der Waals surface area contributed by atoms with Crippen molar-refractivity contribution in [2.24, 2.45) is 0 Å². The summed E-state index contributed by atoms with van der Waals surface area (Å²) in [6, 6.07) is 22.7. The van der Waals surface area contributed by atoms with Crippen molar-refractivity contribution in [2.45, 2.75) is 165 Å². The predicted molar refractivity (Wildman–Crippen MR) is 242 cm³/mol. The first-order valence-electron chi connectivity index (χ1n) is 21.9. The van der Waals surface area contributed by atoms with Crippen molar-refractivity contribution in [1.29, 1.82) is 0 Å². The molecule has 0 radical (unpaired) electrons. The van der Waals surface area contributed by atoms with Crippen molar-refractivity contribution in [1.82, 2.24) is 0 Å². The summed E-state index contributed by atoms with van der Waals surface area (Å²) < 4.78 is 76.6. The minimum absolute atomic E-state index is 0. The summed E-state index contributed by atoms with van der Waals surface area (Å²) in [5, 5.41) is 22.3. The molecule has 4 aromatic carbocycles. The summed E-state index contributed by atoms with van der Waals surface area (Å²) in [6.07, 6.45) is 27.7. The van der Waals surface area contributed by atoms with Crippen molar-refractivity contribution >= 4 is 58.0 Å². The van der Waals surface area contributed by atoms with E-state index in [1.54, 1.807) is 12.1 Å². The molecule has 13 heteroatoms. The molecule has 0 saturated heterocycles. The second-order valence-corrected chi connectivity index (χ2v) is 18.2. The number of ether oxygens (including phenoxy) is 2. The first kappa shape index (κ1) is 54.3. The van der Waals surface area contributed by atoms with E-state index in [-0.39, 0.29) is 49.2 Å². The number of phenols is 1. The van der Waals surface area contributed by atoms with E-state index in [9.17, 15) is 36.2 Å². The minimum atomic E-state index is -4.83. The fourth-order valence-electron chi connectivity index (χ4n) is 6.98. The Bertz CT molecular complexity index is 1910. The number of hydrogen-bond acceptors (Lipinski definition) is 9. The van der Waals surface area contributed by atoms with Gasteiger partial charge in [0, 0.05) is 0 Å². The number of para-hydroxylation sites is 2. The molecule has 0 bridgehead atoms. The van der Waals surface area contributed by atoms with Crippen LogP contribution in [0.25, 0.3) is 0 Å². The predicted octanol–water partition coefficient (Wildman–Crippen LogP) is 12.4. The number of benzene rings is 4. The molecular formula is C48H66CaO10S2. The van der Waals surface area contributed by atoms with Gasteiger partial charge in [0.25, 0.3) is 10.1 Å². The number of aryl methyl sites for hydroxylation is 2. The van der Waals surface area contributed by atoms with E-state index in [1.807, 2.05) is 36.4 Å². The van der Waals surface area contributed by atoms with E-state index < -0.39 is 41.5 Å². The number of aromatic hydroxyl groups is 1. The summed E-state index contributed by atoms with van der Waals surface area (Å²) in [7, 11) is -9.34. The van der Waals surface area contributed by atoms with Gasteiger partial charge in [-0.25, -0.2) is 8.42 Å². The molecule has 61 heavy (non-hydrogen) atoms. The van der Waals surface area contributed by atoms with Crippen molar-refractivity contribution in [3.63, 3.8) is 0 Å². The van der Waals surface area contributed by atoms with Gasteiger partial charge in [0.05, 0.1) is 4.90 Å². The minimum Gasteiger partial charge on any atom is -0.869 e. The molecule has 4 rings (SSSR count). The molecule has 0 saturated carbocycles. The van der Waals surface area contributed by atoms with Crippen LogP contribution < -0.4 is 14.6 Å². The van der Waals surface area contributed by atoms with E-state index >= 15 is 0 Å². The zero-order valence-electron chi connectivity index (χ0n) is 36.3. The summed E-state index contributed by atoms with van der Waals surface area (Å²) in [5.41, 5.74) is 2.24. The van der Waals surface area contributed by atoms with E-state index in [1.165, 1.54) is 140 Å². The van der Waals surface area contributed by atoms with Gasteiger partial charge in [0.15, 0.2) is 11.5 Å². The molecule has 0 aliphatic rings. The van der Waals surface area contributed by atoms with Crippen LogP contribution in [0.4, 0.5) is 0 Å². The number of phenolic OH excluding ortho intramolecular Hbond substituents is 1. The number of unbranched alkanes of at least 4 members (excludes halogenated alkanes) is 18. The van der Waals surface area contributed by atoms with Gasteiger partial charge in [-0.3, -0.25) is 4.55 Å². The zero-order chi connectivity index (χ0) is 43.6. The van der Waals surface area contributed by atoms with Crippen molar-refractivity contribution < 1.29 is 45.6 Å². The normalized spacial score (nSPS) is 11.3. The number of rotatable bonds is 28. The first-order valence-corrected chi connectivity index (χ1v) is 24.8. The quantitative estimate of drug-likeness (QED) is 0.0317. The molecule has 0 spiro atoms. The molecule has 10 nitrogen and oxygen atoms in total. The maximum atomic E-state index is 12.2. The van der Waals surface area contributed by atoms with Crippen LogP contribution in [-0.2, 0) is 33.1 Å². The van der Waals surface area contributed by atoms with Crippen molar-refractivity contribution in [3.8, 4) is 34.5 Å². The zero-order valence-corrected chi connectivity index (χ0v) is 40.2. The third-order valence-electron chi connectivity index (χ3n) is 10.3. The Morgan fingerprint density at radius 3 is 1.28 bits per heavy atom. The van der Waals surface area contributed by atoms with Crippen LogP contribution in [0.3, 0.4) is 0 Å². The molecular weight excluding hydrogens is 841 g/mol. The average molecular weight is 907 g/mol. The fourth-order valence-corrected chi connectivity index (χ4v) is 8.15. The summed E-state index contributed by atoms with van der Waals surface area (Å²) in [6.45, 7) is 4.48. The standard InChI is InChI=1S/2C24H34O5S.Ca/c2*1-2-3-4-5-6-7-8-9-10-11-14-20-15-12-16-21(19-20)29-22-17-13-18-23(24(22)25)30(26,27)28;/h2*12-13,15-19,25H,2-11,14H2,1H3,(H,26,27,28);/q;;+2/p-2. The molecule has 0 fully saturated rings. The van der Waals surface area contributed by atoms with Crippen molar-refractivity contribution in [2.75, 3.05) is 0 Å². The van der Waals surface area contributed by atoms with Gasteiger partial charge in [0.2, 0.25) is 0 Å². The smallest absolute Gasteiger partial charge is 0.869 e. The van der Waals surface area contributed by atoms with Gasteiger partial charge in [-0.2, -0.15) is 8.42 Å². The molecule has 0 aromatic heterocycles. The SMILES string of the molecule is CCCCCCCCCCCCc1cccc(Oc2cccc(S(=O)(=O)O)c2O)c1.CCCCCCCCCCCCc1cccc(Oc2cccc(S(=O)(=O)[O-])c2[O-])c1.[Ca+2]. The topological polar surface area (TPSA) is 173 Å². The Labute approximate surface area is 396 Å². The largest absolute Gasteiger partial charge is 2.00 e. The van der Waals surface area contributed by atoms with Gasteiger partial charge in [-0.15, -0.1) is 0 Å². The third kappa shape index (κ3) is 21.9. The first-order chi connectivity index (χ1) is 28.8. The van der Waals surface area contributed by atoms with E-state index in [0.29, 0.717) is 11.5 Å². The molecule has 0 heterocycles. The van der Waals surface area contributed by atoms with Gasteiger partial charge >= 0.3 is 37.7 Å². The molecule has 0 amide bonds.